The molecule has 26 heavy (non-hydrogen) atoms. The molecule has 1 fully saturated rings. The topological polar surface area (TPSA) is 89.7 Å². The second-order valence-corrected chi connectivity index (χ2v) is 5.89. The van der Waals surface area contributed by atoms with Gasteiger partial charge in [-0.25, -0.2) is 4.79 Å². The van der Waals surface area contributed by atoms with Crippen LogP contribution in [0.2, 0.25) is 0 Å². The Morgan fingerprint density at radius 2 is 1.88 bits per heavy atom. The molecule has 132 valence electrons. The van der Waals surface area contributed by atoms with Crippen LogP contribution >= 0.6 is 0 Å². The van der Waals surface area contributed by atoms with Gasteiger partial charge in [-0.05, 0) is 48.4 Å². The van der Waals surface area contributed by atoms with E-state index in [-0.39, 0.29) is 17.2 Å². The van der Waals surface area contributed by atoms with Gasteiger partial charge in [0.2, 0.25) is 11.8 Å². The number of benzene rings is 2. The van der Waals surface area contributed by atoms with E-state index in [4.69, 9.17) is 10.5 Å². The number of nitrogens with zero attached hydrogens (tertiary/aromatic N) is 1. The van der Waals surface area contributed by atoms with Crippen molar-refractivity contribution in [1.29, 1.82) is 0 Å². The van der Waals surface area contributed by atoms with Crippen LogP contribution in [-0.4, -0.2) is 24.3 Å². The number of primary amides is 1. The molecule has 0 saturated carbocycles. The molecule has 2 aromatic carbocycles. The Hall–Kier alpha value is -3.41. The average molecular weight is 350 g/mol. The van der Waals surface area contributed by atoms with E-state index in [1.807, 2.05) is 24.3 Å². The van der Waals surface area contributed by atoms with Gasteiger partial charge in [0.05, 0.1) is 0 Å². The van der Waals surface area contributed by atoms with Crippen LogP contribution in [0.25, 0.3) is 6.08 Å². The molecule has 2 aromatic rings. The summed E-state index contributed by atoms with van der Waals surface area (Å²) in [5.74, 6) is -0.769. The van der Waals surface area contributed by atoms with Gasteiger partial charge in [0, 0.05) is 30.3 Å². The number of nitrogens with two attached hydrogens (primary N) is 1. The molecule has 0 aliphatic carbocycles. The van der Waals surface area contributed by atoms with Crippen LogP contribution in [0.1, 0.15) is 28.8 Å². The zero-order valence-corrected chi connectivity index (χ0v) is 14.1. The number of carbonyl (C=O) groups excluding carboxylic acids is 3. The van der Waals surface area contributed by atoms with Gasteiger partial charge in [-0.15, -0.1) is 0 Å². The minimum Gasteiger partial charge on any atom is -0.423 e. The lowest BCUT2D eigenvalue weighted by molar-refractivity contribution is -0.128. The molecule has 6 heteroatoms. The third-order valence-corrected chi connectivity index (χ3v) is 4.03. The summed E-state index contributed by atoms with van der Waals surface area (Å²) in [6.45, 7) is 0.741. The van der Waals surface area contributed by atoms with Crippen molar-refractivity contribution in [3.05, 3.63) is 65.7 Å². The third kappa shape index (κ3) is 4.16. The SMILES string of the molecule is NC(=O)c1cccc(OC(=O)/C=C/c2ccc(N3CCCC3=O)cc2)c1. The summed E-state index contributed by atoms with van der Waals surface area (Å²) < 4.78 is 5.16. The first-order chi connectivity index (χ1) is 12.5. The second-order valence-electron chi connectivity index (χ2n) is 5.89. The minimum atomic E-state index is -0.588. The van der Waals surface area contributed by atoms with Crippen LogP contribution < -0.4 is 15.4 Å². The largest absolute Gasteiger partial charge is 0.423 e. The summed E-state index contributed by atoms with van der Waals surface area (Å²) in [7, 11) is 0. The summed E-state index contributed by atoms with van der Waals surface area (Å²) in [6.07, 6.45) is 4.39. The summed E-state index contributed by atoms with van der Waals surface area (Å²) in [4.78, 5) is 36.5. The number of ether oxygens (including phenoxy) is 1. The van der Waals surface area contributed by atoms with Crippen LogP contribution in [0.3, 0.4) is 0 Å². The van der Waals surface area contributed by atoms with E-state index < -0.39 is 11.9 Å². The van der Waals surface area contributed by atoms with Gasteiger partial charge in [-0.2, -0.15) is 0 Å². The fourth-order valence-corrected chi connectivity index (χ4v) is 2.71. The molecule has 0 atom stereocenters. The van der Waals surface area contributed by atoms with Crippen LogP contribution in [0, 0.1) is 0 Å². The van der Waals surface area contributed by atoms with Crippen molar-refractivity contribution in [3.63, 3.8) is 0 Å². The number of amides is 2. The second kappa shape index (κ2) is 7.65. The highest BCUT2D eigenvalue weighted by Gasteiger charge is 2.21. The molecule has 0 spiro atoms. The monoisotopic (exact) mass is 350 g/mol. The lowest BCUT2D eigenvalue weighted by Crippen LogP contribution is -2.23. The summed E-state index contributed by atoms with van der Waals surface area (Å²) in [5, 5.41) is 0. The van der Waals surface area contributed by atoms with E-state index in [9.17, 15) is 14.4 Å². The molecule has 1 heterocycles. The molecule has 0 aromatic heterocycles. The number of hydrogen-bond donors (Lipinski definition) is 1. The average Bonchev–Trinajstić information content (AvgIpc) is 3.06. The Kier molecular flexibility index (Phi) is 5.12. The van der Waals surface area contributed by atoms with Gasteiger partial charge in [0.25, 0.3) is 0 Å². The predicted octanol–water partition coefficient (Wildman–Crippen LogP) is 2.53. The smallest absolute Gasteiger partial charge is 0.336 e. The standard InChI is InChI=1S/C20H18N2O4/c21-20(25)15-3-1-4-17(13-15)26-19(24)11-8-14-6-9-16(10-7-14)22-12-2-5-18(22)23/h1,3-4,6-11,13H,2,5,12H2,(H2,21,25)/b11-8+. The first-order valence-electron chi connectivity index (χ1n) is 8.23. The Labute approximate surface area is 150 Å². The van der Waals surface area contributed by atoms with E-state index in [1.54, 1.807) is 29.2 Å². The van der Waals surface area contributed by atoms with Gasteiger partial charge >= 0.3 is 5.97 Å². The quantitative estimate of drug-likeness (QED) is 0.510. The van der Waals surface area contributed by atoms with Crippen molar-refractivity contribution in [2.45, 2.75) is 12.8 Å². The Bertz CT molecular complexity index is 872. The molecule has 0 unspecified atom stereocenters. The highest BCUT2D eigenvalue weighted by Crippen LogP contribution is 2.22. The molecule has 6 nitrogen and oxygen atoms in total. The molecule has 1 aliphatic heterocycles. The minimum absolute atomic E-state index is 0.134. The number of carbonyl (C=O) groups is 3. The molecular formula is C20H18N2O4. The number of esters is 1. The first kappa shape index (κ1) is 17.4. The van der Waals surface area contributed by atoms with Crippen molar-refractivity contribution in [2.75, 3.05) is 11.4 Å². The lowest BCUT2D eigenvalue weighted by atomic mass is 10.2. The van der Waals surface area contributed by atoms with Crippen molar-refractivity contribution >= 4 is 29.5 Å². The van der Waals surface area contributed by atoms with Gasteiger partial charge < -0.3 is 15.4 Å². The van der Waals surface area contributed by atoms with Crippen molar-refractivity contribution in [1.82, 2.24) is 0 Å². The van der Waals surface area contributed by atoms with Gasteiger partial charge in [0.15, 0.2) is 0 Å². The maximum atomic E-state index is 11.9. The highest BCUT2D eigenvalue weighted by molar-refractivity contribution is 5.95. The van der Waals surface area contributed by atoms with E-state index in [0.29, 0.717) is 6.42 Å². The number of rotatable bonds is 5. The van der Waals surface area contributed by atoms with Crippen molar-refractivity contribution in [2.24, 2.45) is 5.73 Å². The predicted molar refractivity (Wildman–Crippen MR) is 97.7 cm³/mol. The molecular weight excluding hydrogens is 332 g/mol. The van der Waals surface area contributed by atoms with Crippen LogP contribution in [-0.2, 0) is 9.59 Å². The molecule has 1 saturated heterocycles. The molecule has 1 aliphatic rings. The van der Waals surface area contributed by atoms with Gasteiger partial charge in [0.1, 0.15) is 5.75 Å². The first-order valence-corrected chi connectivity index (χ1v) is 8.23. The van der Waals surface area contributed by atoms with E-state index in [0.717, 1.165) is 24.2 Å². The fraction of sp³-hybridized carbons (Fsp3) is 0.150. The maximum absolute atomic E-state index is 11.9. The summed E-state index contributed by atoms with van der Waals surface area (Å²) >= 11 is 0. The Balaban J connectivity index is 1.62. The van der Waals surface area contributed by atoms with Crippen molar-refractivity contribution < 1.29 is 19.1 Å². The van der Waals surface area contributed by atoms with Crippen LogP contribution in [0.4, 0.5) is 5.69 Å². The zero-order chi connectivity index (χ0) is 18.5. The van der Waals surface area contributed by atoms with Crippen molar-refractivity contribution in [3.8, 4) is 5.75 Å². The zero-order valence-electron chi connectivity index (χ0n) is 14.1. The Morgan fingerprint density at radius 1 is 1.12 bits per heavy atom. The fourth-order valence-electron chi connectivity index (χ4n) is 2.71. The molecule has 0 bridgehead atoms. The maximum Gasteiger partial charge on any atom is 0.336 e. The Morgan fingerprint density at radius 3 is 2.54 bits per heavy atom. The molecule has 2 N–H and O–H groups in total. The van der Waals surface area contributed by atoms with Crippen LogP contribution in [0.15, 0.2) is 54.6 Å². The summed E-state index contributed by atoms with van der Waals surface area (Å²) in [5.41, 5.74) is 7.13. The molecule has 0 radical (unpaired) electrons. The third-order valence-electron chi connectivity index (χ3n) is 4.03. The number of hydrogen-bond acceptors (Lipinski definition) is 4. The van der Waals surface area contributed by atoms with E-state index >= 15 is 0 Å². The van der Waals surface area contributed by atoms with Gasteiger partial charge in [-0.1, -0.05) is 18.2 Å². The highest BCUT2D eigenvalue weighted by atomic mass is 16.5. The lowest BCUT2D eigenvalue weighted by Gasteiger charge is -2.15. The molecule has 2 amide bonds. The van der Waals surface area contributed by atoms with Gasteiger partial charge in [-0.3, -0.25) is 9.59 Å². The molecule has 3 rings (SSSR count). The number of anilines is 1. The van der Waals surface area contributed by atoms with E-state index in [1.165, 1.54) is 12.1 Å². The normalized spacial score (nSPS) is 14.0. The van der Waals surface area contributed by atoms with Crippen LogP contribution in [0.5, 0.6) is 5.75 Å². The van der Waals surface area contributed by atoms with E-state index in [2.05, 4.69) is 0 Å². The summed E-state index contributed by atoms with van der Waals surface area (Å²) in [6, 6.07) is 13.5.